The average molecular weight is 426 g/mol. The van der Waals surface area contributed by atoms with Crippen LogP contribution in [0, 0.1) is 0 Å². The molecule has 0 fully saturated rings. The van der Waals surface area contributed by atoms with Crippen LogP contribution in [0.2, 0.25) is 19.6 Å². The van der Waals surface area contributed by atoms with Crippen molar-refractivity contribution in [1.82, 2.24) is 0 Å². The van der Waals surface area contributed by atoms with Gasteiger partial charge in [-0.15, -0.1) is 0 Å². The van der Waals surface area contributed by atoms with E-state index in [1.54, 1.807) is 0 Å². The number of hydrogen-bond donors (Lipinski definition) is 1. The molecule has 0 heterocycles. The van der Waals surface area contributed by atoms with E-state index in [2.05, 4.69) is 45.4 Å². The minimum atomic E-state index is -1.16. The molecule has 1 rings (SSSR count). The van der Waals surface area contributed by atoms with Crippen LogP contribution >= 0.6 is 17.0 Å². The Morgan fingerprint density at radius 2 is 1.76 bits per heavy atom. The number of phenolic OH excluding ortho intramolecular Hbond substituents is 1. The van der Waals surface area contributed by atoms with Gasteiger partial charge in [0.1, 0.15) is 5.75 Å². The molecule has 0 amide bonds. The van der Waals surface area contributed by atoms with E-state index in [0.717, 1.165) is 17.3 Å². The normalized spacial score (nSPS) is 12.0. The Labute approximate surface area is 148 Å². The molecule has 0 saturated carbocycles. The predicted molar refractivity (Wildman–Crippen MR) is 94.3 cm³/mol. The third-order valence-electron chi connectivity index (χ3n) is 2.67. The second kappa shape index (κ2) is 9.50. The summed E-state index contributed by atoms with van der Waals surface area (Å²) in [7, 11) is 8.71. The summed E-state index contributed by atoms with van der Waals surface area (Å²) in [6.45, 7) is 13.2. The van der Waals surface area contributed by atoms with Crippen molar-refractivity contribution >= 4 is 31.3 Å². The number of aromatic hydroxyl groups is 1. The summed E-state index contributed by atoms with van der Waals surface area (Å²) in [6, 6.07) is 5.87. The quantitative estimate of drug-likeness (QED) is 0.513. The Morgan fingerprint density at radius 3 is 2.19 bits per heavy atom. The van der Waals surface area contributed by atoms with Gasteiger partial charge in [0.2, 0.25) is 0 Å². The van der Waals surface area contributed by atoms with Crippen molar-refractivity contribution in [2.45, 2.75) is 45.8 Å². The van der Waals surface area contributed by atoms with Crippen LogP contribution in [0.4, 0.5) is 0 Å². The first-order valence-electron chi connectivity index (χ1n) is 6.81. The van der Waals surface area contributed by atoms with E-state index in [-0.39, 0.29) is 5.41 Å². The summed E-state index contributed by atoms with van der Waals surface area (Å²) in [5.41, 5.74) is 1.74. The molecule has 0 radical (unpaired) electrons. The van der Waals surface area contributed by atoms with Crippen molar-refractivity contribution in [3.63, 3.8) is 0 Å². The van der Waals surface area contributed by atoms with Gasteiger partial charge in [0.05, 0.1) is 8.07 Å². The van der Waals surface area contributed by atoms with Gasteiger partial charge in [-0.05, 0) is 17.0 Å². The summed E-state index contributed by atoms with van der Waals surface area (Å²) >= 11 is -0.826. The van der Waals surface area contributed by atoms with Crippen LogP contribution in [-0.2, 0) is 26.3 Å². The van der Waals surface area contributed by atoms with Gasteiger partial charge in [-0.2, -0.15) is 0 Å². The third kappa shape index (κ3) is 9.18. The van der Waals surface area contributed by atoms with E-state index >= 15 is 0 Å². The number of rotatable bonds is 3. The Hall–Kier alpha value is 0.370. The summed E-state index contributed by atoms with van der Waals surface area (Å²) in [4.78, 5) is 4.47. The Bertz CT molecular complexity index is 468. The standard InChI is InChI=1S/C15H25NOSi.2ClH.Zr/c1-15(2,3)13-9-7-8-12(14(13)17)10-16-11-18(4,5)6;;;/h7-10,17H,11H2,1-6H3;2*1H;/q;;;+2/p-2. The van der Waals surface area contributed by atoms with E-state index in [9.17, 15) is 5.11 Å². The van der Waals surface area contributed by atoms with Crippen molar-refractivity contribution in [2.75, 3.05) is 6.17 Å². The van der Waals surface area contributed by atoms with E-state index in [4.69, 9.17) is 17.0 Å². The van der Waals surface area contributed by atoms with Crippen LogP contribution in [0.5, 0.6) is 5.75 Å². The van der Waals surface area contributed by atoms with Gasteiger partial charge in [0.25, 0.3) is 0 Å². The zero-order valence-corrected chi connectivity index (χ0v) is 18.6. The first-order valence-corrected chi connectivity index (χ1v) is 16.8. The van der Waals surface area contributed by atoms with E-state index in [1.807, 2.05) is 24.4 Å². The fourth-order valence-electron chi connectivity index (χ4n) is 1.69. The number of nitrogens with zero attached hydrogens (tertiary/aromatic N) is 1. The molecule has 6 heteroatoms. The molecule has 0 aliphatic rings. The molecular formula is C15H25Cl2NOSiZr. The second-order valence-corrected chi connectivity index (χ2v) is 16.3. The molecule has 2 nitrogen and oxygen atoms in total. The molecule has 1 N–H and O–H groups in total. The van der Waals surface area contributed by atoms with Crippen molar-refractivity contribution in [2.24, 2.45) is 4.99 Å². The van der Waals surface area contributed by atoms with Gasteiger partial charge in [-0.25, -0.2) is 0 Å². The molecule has 0 bridgehead atoms. The molecule has 0 unspecified atom stereocenters. The molecule has 0 spiro atoms. The van der Waals surface area contributed by atoms with E-state index < -0.39 is 28.9 Å². The fraction of sp³-hybridized carbons (Fsp3) is 0.533. The first kappa shape index (κ1) is 21.4. The monoisotopic (exact) mass is 423 g/mol. The van der Waals surface area contributed by atoms with Gasteiger partial charge in [-0.3, -0.25) is 4.99 Å². The van der Waals surface area contributed by atoms with Crippen molar-refractivity contribution < 1.29 is 26.0 Å². The zero-order chi connectivity index (χ0) is 16.7. The van der Waals surface area contributed by atoms with Gasteiger partial charge in [0, 0.05) is 17.9 Å². The van der Waals surface area contributed by atoms with Gasteiger partial charge in [0.15, 0.2) is 0 Å². The Balaban J connectivity index is 0.00000122. The van der Waals surface area contributed by atoms with Gasteiger partial charge < -0.3 is 5.11 Å². The molecule has 21 heavy (non-hydrogen) atoms. The molecule has 0 aliphatic carbocycles. The number of hydrogen-bond acceptors (Lipinski definition) is 2. The summed E-state index contributed by atoms with van der Waals surface area (Å²) in [5.74, 6) is 0.365. The molecule has 1 aromatic carbocycles. The van der Waals surface area contributed by atoms with Crippen LogP contribution in [0.25, 0.3) is 0 Å². The molecular weight excluding hydrogens is 400 g/mol. The fourth-order valence-corrected chi connectivity index (χ4v) is 2.33. The van der Waals surface area contributed by atoms with Crippen LogP contribution < -0.4 is 0 Å². The third-order valence-corrected chi connectivity index (χ3v) is 3.80. The molecule has 1 aromatic rings. The summed E-state index contributed by atoms with van der Waals surface area (Å²) in [6.07, 6.45) is 2.70. The van der Waals surface area contributed by atoms with Gasteiger partial charge >= 0.3 is 37.9 Å². The first-order chi connectivity index (χ1) is 9.53. The van der Waals surface area contributed by atoms with Crippen LogP contribution in [0.15, 0.2) is 23.2 Å². The number of aliphatic imine (C=N–C) groups is 1. The predicted octanol–water partition coefficient (Wildman–Crippen LogP) is 5.36. The van der Waals surface area contributed by atoms with Crippen molar-refractivity contribution in [1.29, 1.82) is 0 Å². The van der Waals surface area contributed by atoms with Crippen LogP contribution in [0.1, 0.15) is 31.9 Å². The summed E-state index contributed by atoms with van der Waals surface area (Å²) in [5, 5.41) is 10.3. The van der Waals surface area contributed by atoms with Crippen molar-refractivity contribution in [3.05, 3.63) is 29.3 Å². The molecule has 0 aliphatic heterocycles. The molecule has 118 valence electrons. The topological polar surface area (TPSA) is 32.6 Å². The van der Waals surface area contributed by atoms with Gasteiger partial charge in [-0.1, -0.05) is 52.5 Å². The SMILES string of the molecule is CC(C)(C)c1cccc(C=NC[Si](C)(C)C)c1O.[Cl][Zr][Cl]. The maximum absolute atomic E-state index is 10.3. The molecule has 0 saturated heterocycles. The van der Waals surface area contributed by atoms with Crippen LogP contribution in [0.3, 0.4) is 0 Å². The average Bonchev–Trinajstić information content (AvgIpc) is 2.29. The number of benzene rings is 1. The van der Waals surface area contributed by atoms with Crippen molar-refractivity contribution in [3.8, 4) is 5.75 Å². The Morgan fingerprint density at radius 1 is 1.24 bits per heavy atom. The molecule has 0 atom stereocenters. The van der Waals surface area contributed by atoms with E-state index in [0.29, 0.717) is 5.75 Å². The maximum atomic E-state index is 10.3. The molecule has 0 aromatic heterocycles. The number of para-hydroxylation sites is 1. The minimum absolute atomic E-state index is 0.0489. The van der Waals surface area contributed by atoms with Crippen LogP contribution in [-0.4, -0.2) is 25.6 Å². The number of halogens is 2. The Kier molecular flexibility index (Phi) is 9.66. The second-order valence-electron chi connectivity index (χ2n) is 7.10. The summed E-state index contributed by atoms with van der Waals surface area (Å²) < 4.78 is 0. The zero-order valence-electron chi connectivity index (χ0n) is 13.7. The van der Waals surface area contributed by atoms with E-state index in [1.165, 1.54) is 0 Å². The number of phenols is 1.